The van der Waals surface area contributed by atoms with Gasteiger partial charge in [-0.25, -0.2) is 4.79 Å². The Morgan fingerprint density at radius 3 is 2.26 bits per heavy atom. The van der Waals surface area contributed by atoms with Crippen molar-refractivity contribution in [1.82, 2.24) is 10.2 Å². The Morgan fingerprint density at radius 1 is 1.06 bits per heavy atom. The quantitative estimate of drug-likeness (QED) is 0.518. The van der Waals surface area contributed by atoms with Crippen molar-refractivity contribution in [2.75, 3.05) is 13.1 Å². The van der Waals surface area contributed by atoms with Crippen LogP contribution in [0.4, 0.5) is 4.79 Å². The van der Waals surface area contributed by atoms with Gasteiger partial charge in [0.05, 0.1) is 19.2 Å². The Hall–Kier alpha value is -1.75. The molecule has 1 saturated heterocycles. The first-order valence-electron chi connectivity index (χ1n) is 10.7. The molecular formula is C25H32Cl2N2O2. The van der Waals surface area contributed by atoms with Crippen molar-refractivity contribution < 1.29 is 9.53 Å². The Labute approximate surface area is 195 Å². The summed E-state index contributed by atoms with van der Waals surface area (Å²) in [5, 5.41) is 4.49. The zero-order chi connectivity index (χ0) is 22.8. The normalized spacial score (nSPS) is 16.0. The van der Waals surface area contributed by atoms with Gasteiger partial charge >= 0.3 is 6.03 Å². The molecular weight excluding hydrogens is 431 g/mol. The van der Waals surface area contributed by atoms with E-state index in [1.54, 1.807) is 4.90 Å². The third-order valence-electron chi connectivity index (χ3n) is 5.24. The predicted octanol–water partition coefficient (Wildman–Crippen LogP) is 6.71. The molecule has 6 heteroatoms. The monoisotopic (exact) mass is 462 g/mol. The number of halogens is 2. The van der Waals surface area contributed by atoms with Crippen LogP contribution in [0.5, 0.6) is 0 Å². The van der Waals surface area contributed by atoms with Crippen molar-refractivity contribution in [2.45, 2.75) is 58.8 Å². The number of carbonyl (C=O) groups is 1. The van der Waals surface area contributed by atoms with Gasteiger partial charge in [-0.15, -0.1) is 0 Å². The molecule has 4 nitrogen and oxygen atoms in total. The van der Waals surface area contributed by atoms with Crippen LogP contribution in [-0.4, -0.2) is 35.7 Å². The van der Waals surface area contributed by atoms with Gasteiger partial charge in [0.15, 0.2) is 0 Å². The zero-order valence-corrected chi connectivity index (χ0v) is 20.4. The van der Waals surface area contributed by atoms with E-state index in [0.717, 1.165) is 17.5 Å². The molecule has 1 aliphatic rings. The topological polar surface area (TPSA) is 41.6 Å². The number of likely N-dealkylation sites (tertiary alicyclic amines) is 1. The fourth-order valence-electron chi connectivity index (χ4n) is 4.28. The zero-order valence-electron chi connectivity index (χ0n) is 18.9. The lowest BCUT2D eigenvalue weighted by molar-refractivity contribution is -0.0653. The van der Waals surface area contributed by atoms with Gasteiger partial charge < -0.3 is 15.0 Å². The number of ether oxygens (including phenoxy) is 1. The standard InChI is InChI=1S/C25H32Cl2N2O2/c1-24(2,3)16-25(4,5)28-23(30)29-14-19(15-29)31-22(17-10-12-18(26)13-11-17)20-8-6-7-9-21(20)27/h6-13,19,22H,14-16H2,1-5H3,(H,28,30). The summed E-state index contributed by atoms with van der Waals surface area (Å²) in [6, 6.07) is 15.2. The number of rotatable bonds is 6. The van der Waals surface area contributed by atoms with Crippen molar-refractivity contribution in [1.29, 1.82) is 0 Å². The van der Waals surface area contributed by atoms with Crippen molar-refractivity contribution in [3.63, 3.8) is 0 Å². The Bertz CT molecular complexity index is 900. The second kappa shape index (κ2) is 9.40. The molecule has 1 atom stereocenters. The Kier molecular flexibility index (Phi) is 7.25. The van der Waals surface area contributed by atoms with E-state index >= 15 is 0 Å². The van der Waals surface area contributed by atoms with Crippen molar-refractivity contribution in [3.05, 3.63) is 69.7 Å². The summed E-state index contributed by atoms with van der Waals surface area (Å²) in [6.45, 7) is 11.8. The Balaban J connectivity index is 1.65. The summed E-state index contributed by atoms with van der Waals surface area (Å²) in [7, 11) is 0. The number of hydrogen-bond acceptors (Lipinski definition) is 2. The number of amides is 2. The van der Waals surface area contributed by atoms with Crippen LogP contribution >= 0.6 is 23.2 Å². The smallest absolute Gasteiger partial charge is 0.317 e. The maximum Gasteiger partial charge on any atom is 0.317 e. The second-order valence-electron chi connectivity index (χ2n) is 10.2. The van der Waals surface area contributed by atoms with E-state index in [4.69, 9.17) is 27.9 Å². The highest BCUT2D eigenvalue weighted by Gasteiger charge is 2.37. The average molecular weight is 463 g/mol. The van der Waals surface area contributed by atoms with Gasteiger partial charge in [0.1, 0.15) is 6.10 Å². The molecule has 0 saturated carbocycles. The van der Waals surface area contributed by atoms with E-state index in [2.05, 4.69) is 39.9 Å². The summed E-state index contributed by atoms with van der Waals surface area (Å²) in [6.07, 6.45) is 0.511. The van der Waals surface area contributed by atoms with Gasteiger partial charge in [-0.2, -0.15) is 0 Å². The predicted molar refractivity (Wildman–Crippen MR) is 128 cm³/mol. The van der Waals surface area contributed by atoms with Crippen molar-refractivity contribution in [2.24, 2.45) is 5.41 Å². The molecule has 3 rings (SSSR count). The molecule has 1 fully saturated rings. The van der Waals surface area contributed by atoms with Crippen molar-refractivity contribution >= 4 is 29.2 Å². The van der Waals surface area contributed by atoms with E-state index in [0.29, 0.717) is 23.1 Å². The van der Waals surface area contributed by atoms with E-state index in [9.17, 15) is 4.79 Å². The molecule has 0 bridgehead atoms. The van der Waals surface area contributed by atoms with Crippen LogP contribution in [0.3, 0.4) is 0 Å². The van der Waals surface area contributed by atoms with E-state index in [1.807, 2.05) is 48.5 Å². The molecule has 168 valence electrons. The van der Waals surface area contributed by atoms with Crippen LogP contribution in [0, 0.1) is 5.41 Å². The minimum absolute atomic E-state index is 0.0464. The van der Waals surface area contributed by atoms with E-state index < -0.39 is 0 Å². The number of carbonyl (C=O) groups excluding carboxylic acids is 1. The van der Waals surface area contributed by atoms with Crippen molar-refractivity contribution in [3.8, 4) is 0 Å². The molecule has 0 spiro atoms. The summed E-state index contributed by atoms with van der Waals surface area (Å²) in [5.74, 6) is 0. The lowest BCUT2D eigenvalue weighted by atomic mass is 9.82. The van der Waals surface area contributed by atoms with E-state index in [-0.39, 0.29) is 29.2 Å². The van der Waals surface area contributed by atoms with Crippen LogP contribution in [0.25, 0.3) is 0 Å². The second-order valence-corrected chi connectivity index (χ2v) is 11.0. The van der Waals surface area contributed by atoms with Gasteiger partial charge in [-0.1, -0.05) is 74.3 Å². The number of hydrogen-bond donors (Lipinski definition) is 1. The van der Waals surface area contributed by atoms with Gasteiger partial charge in [0.25, 0.3) is 0 Å². The molecule has 0 aromatic heterocycles. The molecule has 1 heterocycles. The first-order chi connectivity index (χ1) is 14.4. The molecule has 1 aliphatic heterocycles. The van der Waals surface area contributed by atoms with Gasteiger partial charge in [0, 0.05) is 21.1 Å². The minimum Gasteiger partial charge on any atom is -0.362 e. The summed E-state index contributed by atoms with van der Waals surface area (Å²) in [4.78, 5) is 14.5. The maximum atomic E-state index is 12.7. The minimum atomic E-state index is -0.321. The highest BCUT2D eigenvalue weighted by Crippen LogP contribution is 2.34. The highest BCUT2D eigenvalue weighted by atomic mass is 35.5. The number of urea groups is 1. The average Bonchev–Trinajstić information content (AvgIpc) is 2.60. The summed E-state index contributed by atoms with van der Waals surface area (Å²) in [5.41, 5.74) is 1.75. The van der Waals surface area contributed by atoms with Gasteiger partial charge in [-0.3, -0.25) is 0 Å². The number of nitrogens with one attached hydrogen (secondary N) is 1. The first kappa shape index (κ1) is 23.9. The van der Waals surface area contributed by atoms with Crippen LogP contribution in [0.15, 0.2) is 48.5 Å². The molecule has 2 amide bonds. The number of benzene rings is 2. The fourth-order valence-corrected chi connectivity index (χ4v) is 4.64. The summed E-state index contributed by atoms with van der Waals surface area (Å²) < 4.78 is 6.42. The van der Waals surface area contributed by atoms with Crippen LogP contribution in [0.1, 0.15) is 58.3 Å². The molecule has 0 aliphatic carbocycles. The lowest BCUT2D eigenvalue weighted by Gasteiger charge is -2.43. The third kappa shape index (κ3) is 6.61. The lowest BCUT2D eigenvalue weighted by Crippen LogP contribution is -2.61. The molecule has 31 heavy (non-hydrogen) atoms. The largest absolute Gasteiger partial charge is 0.362 e. The molecule has 0 radical (unpaired) electrons. The van der Waals surface area contributed by atoms with Crippen LogP contribution in [-0.2, 0) is 4.74 Å². The van der Waals surface area contributed by atoms with E-state index in [1.165, 1.54) is 0 Å². The van der Waals surface area contributed by atoms with Gasteiger partial charge in [0.2, 0.25) is 0 Å². The molecule has 2 aromatic carbocycles. The number of nitrogens with zero attached hydrogens (tertiary/aromatic N) is 1. The van der Waals surface area contributed by atoms with Gasteiger partial charge in [-0.05, 0) is 49.4 Å². The first-order valence-corrected chi connectivity index (χ1v) is 11.4. The maximum absolute atomic E-state index is 12.7. The van der Waals surface area contributed by atoms with Crippen LogP contribution < -0.4 is 5.32 Å². The molecule has 2 aromatic rings. The van der Waals surface area contributed by atoms with Crippen LogP contribution in [0.2, 0.25) is 10.0 Å². The fraction of sp³-hybridized carbons (Fsp3) is 0.480. The highest BCUT2D eigenvalue weighted by molar-refractivity contribution is 6.31. The Morgan fingerprint density at radius 2 is 1.68 bits per heavy atom. The SMILES string of the molecule is CC(C)(C)CC(C)(C)NC(=O)N1CC(OC(c2ccc(Cl)cc2)c2ccccc2Cl)C1. The molecule has 1 unspecified atom stereocenters. The molecule has 1 N–H and O–H groups in total. The third-order valence-corrected chi connectivity index (χ3v) is 5.84. The summed E-state index contributed by atoms with van der Waals surface area (Å²) >= 11 is 12.5.